The van der Waals surface area contributed by atoms with Crippen LogP contribution in [0.25, 0.3) is 0 Å². The Bertz CT molecular complexity index is 1470. The van der Waals surface area contributed by atoms with E-state index in [1.54, 1.807) is 24.3 Å². The number of amides is 1. The smallest absolute Gasteiger partial charge is 0.363 e. The molecule has 0 saturated carbocycles. The molecule has 2 heterocycles. The average Bonchev–Trinajstić information content (AvgIpc) is 3.42. The first-order valence-corrected chi connectivity index (χ1v) is 13.8. The van der Waals surface area contributed by atoms with Gasteiger partial charge in [0, 0.05) is 21.7 Å². The topological polar surface area (TPSA) is 102 Å². The van der Waals surface area contributed by atoms with Crippen molar-refractivity contribution in [2.75, 3.05) is 11.1 Å². The lowest BCUT2D eigenvalue weighted by atomic mass is 9.70. The van der Waals surface area contributed by atoms with Crippen molar-refractivity contribution in [2.24, 2.45) is 5.92 Å². The number of thioether (sulfide) groups is 1. The highest BCUT2D eigenvalue weighted by molar-refractivity contribution is 8.03. The molecule has 0 bridgehead atoms. The second-order valence-corrected chi connectivity index (χ2v) is 11.2. The highest BCUT2D eigenvalue weighted by Gasteiger charge is 2.66. The maximum atomic E-state index is 14.6. The van der Waals surface area contributed by atoms with Gasteiger partial charge in [0.05, 0.1) is 33.2 Å². The summed E-state index contributed by atoms with van der Waals surface area (Å²) < 4.78 is 43.8. The number of ketones is 1. The molecule has 0 saturated heterocycles. The predicted octanol–water partition coefficient (Wildman–Crippen LogP) is 6.60. The highest BCUT2D eigenvalue weighted by atomic mass is 35.5. The van der Waals surface area contributed by atoms with E-state index in [-0.39, 0.29) is 21.0 Å². The maximum Gasteiger partial charge on any atom is 0.437 e. The summed E-state index contributed by atoms with van der Waals surface area (Å²) in [5.41, 5.74) is -3.64. The lowest BCUT2D eigenvalue weighted by molar-refractivity contribution is -0.285. The predicted molar refractivity (Wildman–Crippen MR) is 146 cm³/mol. The molecule has 1 aromatic heterocycles. The molecule has 3 aromatic rings. The zero-order valence-corrected chi connectivity index (χ0v) is 22.8. The summed E-state index contributed by atoms with van der Waals surface area (Å²) in [6, 6.07) is 16.8. The number of Topliss-reactive ketones (excluding diaryl/α,β-unsaturated/α-hetero) is 1. The molecule has 0 fully saturated rings. The van der Waals surface area contributed by atoms with Gasteiger partial charge in [-0.1, -0.05) is 65.3 Å². The van der Waals surface area contributed by atoms with E-state index in [1.807, 2.05) is 11.4 Å². The van der Waals surface area contributed by atoms with Gasteiger partial charge in [-0.3, -0.25) is 9.59 Å². The second-order valence-electron chi connectivity index (χ2n) is 8.41. The number of nitriles is 1. The van der Waals surface area contributed by atoms with Gasteiger partial charge in [0.25, 0.3) is 0 Å². The lowest BCUT2D eigenvalue weighted by Crippen LogP contribution is -2.66. The van der Waals surface area contributed by atoms with Crippen molar-refractivity contribution in [2.45, 2.75) is 17.8 Å². The molecule has 13 heteroatoms. The van der Waals surface area contributed by atoms with Crippen molar-refractivity contribution in [3.63, 3.8) is 0 Å². The van der Waals surface area contributed by atoms with E-state index in [1.165, 1.54) is 41.8 Å². The standard InChI is InChI=1S/C26H18Cl2F3N3O3S2/c27-14-5-3-6-15(11-14)33-20(35)13-39-24-17(12-32)21(16-7-1-2-8-18(16)28)22(23(36)19-9-4-10-38-19)25(37,34-24)26(29,30)31/h1-11,21-22,34,37H,13H2,(H,33,35)/t21-,22+,25-/m1/s1. The summed E-state index contributed by atoms with van der Waals surface area (Å²) in [7, 11) is 0. The molecule has 3 N–H and O–H groups in total. The van der Waals surface area contributed by atoms with E-state index < -0.39 is 46.2 Å². The minimum atomic E-state index is -5.36. The summed E-state index contributed by atoms with van der Waals surface area (Å²) in [6.07, 6.45) is -5.36. The van der Waals surface area contributed by atoms with Gasteiger partial charge in [0.2, 0.25) is 11.6 Å². The van der Waals surface area contributed by atoms with E-state index >= 15 is 0 Å². The zero-order valence-electron chi connectivity index (χ0n) is 19.6. The Labute approximate surface area is 239 Å². The average molecular weight is 612 g/mol. The Hall–Kier alpha value is -3.01. The van der Waals surface area contributed by atoms with Crippen LogP contribution >= 0.6 is 46.3 Å². The molecule has 39 heavy (non-hydrogen) atoms. The van der Waals surface area contributed by atoms with Crippen LogP contribution in [-0.4, -0.2) is 34.5 Å². The summed E-state index contributed by atoms with van der Waals surface area (Å²) in [5.74, 6) is -5.82. The van der Waals surface area contributed by atoms with E-state index in [9.17, 15) is 33.1 Å². The fraction of sp³-hybridized carbons (Fsp3) is 0.192. The zero-order chi connectivity index (χ0) is 28.4. The fourth-order valence-corrected chi connectivity index (χ4v) is 6.28. The highest BCUT2D eigenvalue weighted by Crippen LogP contribution is 2.52. The van der Waals surface area contributed by atoms with Crippen molar-refractivity contribution >= 4 is 63.7 Å². The number of hydrogen-bond donors (Lipinski definition) is 3. The van der Waals surface area contributed by atoms with Gasteiger partial charge < -0.3 is 15.7 Å². The number of allylic oxidation sites excluding steroid dienone is 1. The quantitative estimate of drug-likeness (QED) is 0.260. The molecule has 0 radical (unpaired) electrons. The van der Waals surface area contributed by atoms with Crippen LogP contribution < -0.4 is 10.6 Å². The second kappa shape index (κ2) is 11.6. The number of thiophene rings is 1. The Balaban J connectivity index is 1.80. The van der Waals surface area contributed by atoms with Crippen LogP contribution in [0.15, 0.2) is 76.6 Å². The monoisotopic (exact) mass is 611 g/mol. The molecule has 0 spiro atoms. The number of anilines is 1. The van der Waals surface area contributed by atoms with Gasteiger partial charge in [0.15, 0.2) is 5.78 Å². The third-order valence-electron chi connectivity index (χ3n) is 5.94. The van der Waals surface area contributed by atoms with Crippen molar-refractivity contribution in [3.8, 4) is 6.07 Å². The molecule has 3 atom stereocenters. The van der Waals surface area contributed by atoms with Crippen LogP contribution in [-0.2, 0) is 4.79 Å². The maximum absolute atomic E-state index is 14.6. The largest absolute Gasteiger partial charge is 0.437 e. The van der Waals surface area contributed by atoms with Gasteiger partial charge in [-0.25, -0.2) is 0 Å². The molecule has 0 unspecified atom stereocenters. The van der Waals surface area contributed by atoms with Gasteiger partial charge in [0.1, 0.15) is 0 Å². The van der Waals surface area contributed by atoms with E-state index in [2.05, 4.69) is 5.32 Å². The van der Waals surface area contributed by atoms with E-state index in [4.69, 9.17) is 23.2 Å². The van der Waals surface area contributed by atoms with Crippen molar-refractivity contribution in [1.82, 2.24) is 5.32 Å². The summed E-state index contributed by atoms with van der Waals surface area (Å²) >= 11 is 13.8. The molecule has 1 aliphatic rings. The Kier molecular flexibility index (Phi) is 8.63. The van der Waals surface area contributed by atoms with Crippen LogP contribution in [0.5, 0.6) is 0 Å². The molecule has 4 rings (SSSR count). The normalized spacial score (nSPS) is 21.2. The van der Waals surface area contributed by atoms with Gasteiger partial charge in [-0.2, -0.15) is 18.4 Å². The number of hydrogen-bond acceptors (Lipinski definition) is 7. The van der Waals surface area contributed by atoms with Gasteiger partial charge in [-0.05, 0) is 41.3 Å². The molecule has 1 aliphatic heterocycles. The first-order valence-electron chi connectivity index (χ1n) is 11.2. The summed E-state index contributed by atoms with van der Waals surface area (Å²) in [4.78, 5) is 26.1. The number of benzene rings is 2. The van der Waals surface area contributed by atoms with E-state index in [0.717, 1.165) is 11.3 Å². The number of alkyl halides is 3. The fourth-order valence-electron chi connectivity index (χ4n) is 4.23. The van der Waals surface area contributed by atoms with E-state index in [0.29, 0.717) is 22.5 Å². The first-order chi connectivity index (χ1) is 18.5. The van der Waals surface area contributed by atoms with Crippen molar-refractivity contribution in [1.29, 1.82) is 5.26 Å². The Morgan fingerprint density at radius 2 is 1.90 bits per heavy atom. The van der Waals surface area contributed by atoms with Crippen LogP contribution in [0.1, 0.15) is 21.2 Å². The molecular weight excluding hydrogens is 594 g/mol. The Morgan fingerprint density at radius 3 is 2.51 bits per heavy atom. The molecule has 202 valence electrons. The number of nitrogens with zero attached hydrogens (tertiary/aromatic N) is 1. The molecular formula is C26H18Cl2F3N3O3S2. The summed E-state index contributed by atoms with van der Waals surface area (Å²) in [6.45, 7) is 0. The molecule has 6 nitrogen and oxygen atoms in total. The van der Waals surface area contributed by atoms with Crippen LogP contribution in [0.4, 0.5) is 18.9 Å². The third-order valence-corrected chi connectivity index (χ3v) is 8.42. The number of rotatable bonds is 7. The minimum absolute atomic E-state index is 0.00806. The SMILES string of the molecule is N#CC1=C(SCC(=O)Nc2cccc(Cl)c2)N[C@](O)(C(F)(F)F)[C@H](C(=O)c2cccs2)[C@@H]1c1ccccc1Cl. The van der Waals surface area contributed by atoms with Crippen molar-refractivity contribution in [3.05, 3.63) is 97.1 Å². The van der Waals surface area contributed by atoms with Crippen LogP contribution in [0.3, 0.4) is 0 Å². The molecule has 0 aliphatic carbocycles. The number of halogens is 5. The lowest BCUT2D eigenvalue weighted by Gasteiger charge is -2.45. The molecule has 2 aromatic carbocycles. The molecule has 1 amide bonds. The number of nitrogens with one attached hydrogen (secondary N) is 2. The minimum Gasteiger partial charge on any atom is -0.363 e. The third kappa shape index (κ3) is 5.95. The van der Waals surface area contributed by atoms with Gasteiger partial charge >= 0.3 is 6.18 Å². The van der Waals surface area contributed by atoms with Gasteiger partial charge in [-0.15, -0.1) is 11.3 Å². The summed E-state index contributed by atoms with van der Waals surface area (Å²) in [5, 5.41) is 27.4. The first kappa shape index (κ1) is 29.0. The Morgan fingerprint density at radius 1 is 1.15 bits per heavy atom. The number of carbonyl (C=O) groups excluding carboxylic acids is 2. The van der Waals surface area contributed by atoms with Crippen molar-refractivity contribution < 1.29 is 27.9 Å². The van der Waals surface area contributed by atoms with Crippen LogP contribution in [0, 0.1) is 17.2 Å². The van der Waals surface area contributed by atoms with Crippen LogP contribution in [0.2, 0.25) is 10.0 Å². The number of aliphatic hydroxyl groups is 1. The number of carbonyl (C=O) groups is 2.